The highest BCUT2D eigenvalue weighted by molar-refractivity contribution is 5.58. The highest BCUT2D eigenvalue weighted by Gasteiger charge is 2.27. The molecule has 3 nitrogen and oxygen atoms in total. The molecular formula is C16H22FN3. The molecule has 1 aliphatic heterocycles. The summed E-state index contributed by atoms with van der Waals surface area (Å²) in [6.45, 7) is 7.67. The van der Waals surface area contributed by atoms with Crippen molar-refractivity contribution in [1.29, 1.82) is 5.26 Å². The molecule has 1 heterocycles. The molecule has 1 N–H and O–H groups in total. The Labute approximate surface area is 120 Å². The van der Waals surface area contributed by atoms with Gasteiger partial charge in [0.05, 0.1) is 6.07 Å². The minimum Gasteiger partial charge on any atom is -0.371 e. The normalized spacial score (nSPS) is 16.9. The first-order chi connectivity index (χ1) is 9.43. The Morgan fingerprint density at radius 2 is 2.25 bits per heavy atom. The van der Waals surface area contributed by atoms with E-state index in [9.17, 15) is 9.65 Å². The summed E-state index contributed by atoms with van der Waals surface area (Å²) in [7, 11) is 0. The Morgan fingerprint density at radius 3 is 2.90 bits per heavy atom. The van der Waals surface area contributed by atoms with Crippen LogP contribution in [0.25, 0.3) is 0 Å². The predicted octanol–water partition coefficient (Wildman–Crippen LogP) is 2.86. The molecule has 0 aliphatic carbocycles. The van der Waals surface area contributed by atoms with Crippen molar-refractivity contribution in [3.63, 3.8) is 0 Å². The van der Waals surface area contributed by atoms with Gasteiger partial charge in [0.1, 0.15) is 11.4 Å². The molecule has 1 aromatic carbocycles. The molecule has 1 aliphatic rings. The monoisotopic (exact) mass is 275 g/mol. The number of nitriles is 1. The van der Waals surface area contributed by atoms with Crippen molar-refractivity contribution in [3.8, 4) is 6.07 Å². The Hall–Kier alpha value is -1.60. The lowest BCUT2D eigenvalue weighted by Crippen LogP contribution is -2.47. The van der Waals surface area contributed by atoms with Crippen LogP contribution in [-0.2, 0) is 6.42 Å². The van der Waals surface area contributed by atoms with Gasteiger partial charge in [-0.25, -0.2) is 4.39 Å². The summed E-state index contributed by atoms with van der Waals surface area (Å²) in [5.74, 6) is -0.195. The molecular weight excluding hydrogens is 253 g/mol. The minimum absolute atomic E-state index is 0.195. The van der Waals surface area contributed by atoms with E-state index >= 15 is 0 Å². The molecule has 0 bridgehead atoms. The summed E-state index contributed by atoms with van der Waals surface area (Å²) in [6, 6.07) is 7.60. The van der Waals surface area contributed by atoms with Crippen LogP contribution in [-0.4, -0.2) is 24.7 Å². The third kappa shape index (κ3) is 3.29. The van der Waals surface area contributed by atoms with Crippen LogP contribution in [0.1, 0.15) is 32.8 Å². The average Bonchev–Trinajstić information content (AvgIpc) is 2.78. The fourth-order valence-corrected chi connectivity index (χ4v) is 2.81. The highest BCUT2D eigenvalue weighted by Crippen LogP contribution is 2.29. The van der Waals surface area contributed by atoms with Crippen molar-refractivity contribution in [2.24, 2.45) is 0 Å². The molecule has 0 spiro atoms. The summed E-state index contributed by atoms with van der Waals surface area (Å²) in [5, 5.41) is 12.7. The number of hydrogen-bond donors (Lipinski definition) is 1. The standard InChI is InChI=1S/C16H22FN3/c1-12(2)19-16(3,11-18)7-9-20-8-6-13-4-5-14(17)10-15(13)20/h4-5,10,12,19H,6-9H2,1-3H3. The number of rotatable bonds is 5. The molecule has 0 saturated heterocycles. The number of nitrogens with zero attached hydrogens (tertiary/aromatic N) is 2. The Morgan fingerprint density at radius 1 is 1.50 bits per heavy atom. The molecule has 4 heteroatoms. The molecule has 0 amide bonds. The summed E-state index contributed by atoms with van der Waals surface area (Å²) in [4.78, 5) is 2.18. The lowest BCUT2D eigenvalue weighted by molar-refractivity contribution is 0.383. The highest BCUT2D eigenvalue weighted by atomic mass is 19.1. The quantitative estimate of drug-likeness (QED) is 0.898. The number of fused-ring (bicyclic) bond motifs is 1. The van der Waals surface area contributed by atoms with E-state index in [1.54, 1.807) is 6.07 Å². The van der Waals surface area contributed by atoms with Gasteiger partial charge in [0.25, 0.3) is 0 Å². The lowest BCUT2D eigenvalue weighted by atomic mass is 9.98. The van der Waals surface area contributed by atoms with Gasteiger partial charge in [-0.05, 0) is 51.3 Å². The van der Waals surface area contributed by atoms with Crippen LogP contribution >= 0.6 is 0 Å². The number of benzene rings is 1. The second-order valence-corrected chi connectivity index (χ2v) is 6.00. The van der Waals surface area contributed by atoms with Crippen LogP contribution in [0.15, 0.2) is 18.2 Å². The van der Waals surface area contributed by atoms with Crippen LogP contribution in [0.4, 0.5) is 10.1 Å². The van der Waals surface area contributed by atoms with Crippen LogP contribution in [0, 0.1) is 17.1 Å². The largest absolute Gasteiger partial charge is 0.371 e. The van der Waals surface area contributed by atoms with Gasteiger partial charge < -0.3 is 4.90 Å². The maximum atomic E-state index is 13.4. The summed E-state index contributed by atoms with van der Waals surface area (Å²) in [5.41, 5.74) is 1.64. The van der Waals surface area contributed by atoms with Gasteiger partial charge in [-0.1, -0.05) is 6.07 Å². The lowest BCUT2D eigenvalue weighted by Gasteiger charge is -2.29. The van der Waals surface area contributed by atoms with E-state index < -0.39 is 5.54 Å². The second kappa shape index (κ2) is 5.80. The SMILES string of the molecule is CC(C)NC(C)(C#N)CCN1CCc2ccc(F)cc21. The van der Waals surface area contributed by atoms with E-state index in [0.717, 1.165) is 31.6 Å². The number of hydrogen-bond acceptors (Lipinski definition) is 3. The molecule has 0 fully saturated rings. The Bertz CT molecular complexity index is 521. The molecule has 0 radical (unpaired) electrons. The molecule has 108 valence electrons. The van der Waals surface area contributed by atoms with Crippen molar-refractivity contribution < 1.29 is 4.39 Å². The topological polar surface area (TPSA) is 39.1 Å². The molecule has 0 saturated carbocycles. The smallest absolute Gasteiger partial charge is 0.125 e. The van der Waals surface area contributed by atoms with Gasteiger partial charge in [0, 0.05) is 24.8 Å². The van der Waals surface area contributed by atoms with Crippen LogP contribution < -0.4 is 10.2 Å². The summed E-state index contributed by atoms with van der Waals surface area (Å²) < 4.78 is 13.4. The fourth-order valence-electron chi connectivity index (χ4n) is 2.81. The van der Waals surface area contributed by atoms with Crippen molar-refractivity contribution in [2.75, 3.05) is 18.0 Å². The molecule has 1 unspecified atom stereocenters. The van der Waals surface area contributed by atoms with Gasteiger partial charge >= 0.3 is 0 Å². The summed E-state index contributed by atoms with van der Waals surface area (Å²) >= 11 is 0. The zero-order chi connectivity index (χ0) is 14.8. The van der Waals surface area contributed by atoms with Crippen molar-refractivity contribution in [3.05, 3.63) is 29.6 Å². The van der Waals surface area contributed by atoms with Crippen molar-refractivity contribution in [2.45, 2.75) is 45.2 Å². The number of nitrogens with one attached hydrogen (secondary N) is 1. The Balaban J connectivity index is 2.03. The van der Waals surface area contributed by atoms with E-state index in [4.69, 9.17) is 0 Å². The second-order valence-electron chi connectivity index (χ2n) is 6.00. The first-order valence-electron chi connectivity index (χ1n) is 7.16. The molecule has 0 aromatic heterocycles. The van der Waals surface area contributed by atoms with Gasteiger partial charge in [-0.2, -0.15) is 5.26 Å². The zero-order valence-corrected chi connectivity index (χ0v) is 12.4. The van der Waals surface area contributed by atoms with Crippen molar-refractivity contribution >= 4 is 5.69 Å². The third-order valence-corrected chi connectivity index (χ3v) is 3.77. The molecule has 1 atom stereocenters. The van der Waals surface area contributed by atoms with Gasteiger partial charge in [-0.3, -0.25) is 5.32 Å². The fraction of sp³-hybridized carbons (Fsp3) is 0.562. The van der Waals surface area contributed by atoms with Crippen LogP contribution in [0.5, 0.6) is 0 Å². The van der Waals surface area contributed by atoms with E-state index in [0.29, 0.717) is 0 Å². The molecule has 2 rings (SSSR count). The van der Waals surface area contributed by atoms with E-state index in [2.05, 4.69) is 16.3 Å². The predicted molar refractivity (Wildman–Crippen MR) is 79.2 cm³/mol. The van der Waals surface area contributed by atoms with E-state index in [1.807, 2.05) is 26.8 Å². The maximum Gasteiger partial charge on any atom is 0.125 e. The van der Waals surface area contributed by atoms with E-state index in [1.165, 1.54) is 11.6 Å². The summed E-state index contributed by atoms with van der Waals surface area (Å²) in [6.07, 6.45) is 1.67. The molecule has 20 heavy (non-hydrogen) atoms. The van der Waals surface area contributed by atoms with Crippen LogP contribution in [0.3, 0.4) is 0 Å². The number of anilines is 1. The van der Waals surface area contributed by atoms with Crippen LogP contribution in [0.2, 0.25) is 0 Å². The first-order valence-corrected chi connectivity index (χ1v) is 7.16. The van der Waals surface area contributed by atoms with Gasteiger partial charge in [0.15, 0.2) is 0 Å². The maximum absolute atomic E-state index is 13.4. The van der Waals surface area contributed by atoms with Gasteiger partial charge in [0.2, 0.25) is 0 Å². The number of halogens is 1. The van der Waals surface area contributed by atoms with Crippen molar-refractivity contribution in [1.82, 2.24) is 5.32 Å². The van der Waals surface area contributed by atoms with Gasteiger partial charge in [-0.15, -0.1) is 0 Å². The minimum atomic E-state index is -0.537. The zero-order valence-electron chi connectivity index (χ0n) is 12.4. The third-order valence-electron chi connectivity index (χ3n) is 3.77. The Kier molecular flexibility index (Phi) is 4.29. The molecule has 1 aromatic rings. The van der Waals surface area contributed by atoms with E-state index in [-0.39, 0.29) is 11.9 Å². The average molecular weight is 275 g/mol. The first kappa shape index (κ1) is 14.8.